The highest BCUT2D eigenvalue weighted by molar-refractivity contribution is 9.10. The monoisotopic (exact) mass is 395 g/mol. The quantitative estimate of drug-likeness (QED) is 0.764. The molecule has 1 aromatic carbocycles. The fourth-order valence-electron chi connectivity index (χ4n) is 2.50. The average Bonchev–Trinajstić information content (AvgIpc) is 2.76. The Balaban J connectivity index is 2.40. The first kappa shape index (κ1) is 16.9. The van der Waals surface area contributed by atoms with Crippen LogP contribution in [0.15, 0.2) is 33.6 Å². The van der Waals surface area contributed by atoms with Gasteiger partial charge in [-0.15, -0.1) is 0 Å². The van der Waals surface area contributed by atoms with E-state index in [9.17, 15) is 16.8 Å². The summed E-state index contributed by atoms with van der Waals surface area (Å²) in [7, 11) is -6.83. The molecule has 0 aliphatic carbocycles. The second-order valence-corrected chi connectivity index (χ2v) is 10.0. The van der Waals surface area contributed by atoms with Gasteiger partial charge in [0, 0.05) is 17.1 Å². The van der Waals surface area contributed by atoms with Gasteiger partial charge in [-0.05, 0) is 40.9 Å². The van der Waals surface area contributed by atoms with E-state index in [1.807, 2.05) is 6.92 Å². The van der Waals surface area contributed by atoms with Gasteiger partial charge in [0.2, 0.25) is 10.0 Å². The van der Waals surface area contributed by atoms with Crippen LogP contribution in [0.4, 0.5) is 0 Å². The van der Waals surface area contributed by atoms with Crippen molar-refractivity contribution < 1.29 is 16.8 Å². The zero-order valence-corrected chi connectivity index (χ0v) is 14.9. The van der Waals surface area contributed by atoms with Crippen LogP contribution in [0.25, 0.3) is 0 Å². The molecule has 5 nitrogen and oxygen atoms in total. The molecule has 1 aliphatic rings. The van der Waals surface area contributed by atoms with Crippen molar-refractivity contribution in [2.45, 2.75) is 30.7 Å². The maximum absolute atomic E-state index is 12.8. The third kappa shape index (κ3) is 3.67. The largest absolute Gasteiger partial charge is 0.244 e. The molecule has 1 aromatic rings. The molecule has 0 unspecified atom stereocenters. The van der Waals surface area contributed by atoms with Gasteiger partial charge in [0.25, 0.3) is 0 Å². The van der Waals surface area contributed by atoms with Crippen LogP contribution in [-0.4, -0.2) is 45.2 Å². The van der Waals surface area contributed by atoms with Crippen molar-refractivity contribution in [2.24, 2.45) is 0 Å². The SMILES string of the molecule is CCCN([C@H]1CCS(=O)(=O)C1)S(=O)(=O)c1ccccc1Br. The molecule has 0 radical (unpaired) electrons. The first-order valence-corrected chi connectivity index (χ1v) is 10.8. The lowest BCUT2D eigenvalue weighted by molar-refractivity contribution is 0.340. The lowest BCUT2D eigenvalue weighted by Crippen LogP contribution is -2.41. The molecule has 0 amide bonds. The molecule has 0 aromatic heterocycles. The van der Waals surface area contributed by atoms with E-state index in [0.29, 0.717) is 23.9 Å². The summed E-state index contributed by atoms with van der Waals surface area (Å²) < 4.78 is 50.8. The number of benzene rings is 1. The Bertz CT molecular complexity index is 715. The van der Waals surface area contributed by atoms with Gasteiger partial charge >= 0.3 is 0 Å². The molecule has 1 saturated heterocycles. The lowest BCUT2D eigenvalue weighted by atomic mass is 10.2. The number of halogens is 1. The summed E-state index contributed by atoms with van der Waals surface area (Å²) in [5.41, 5.74) is 0. The van der Waals surface area contributed by atoms with Gasteiger partial charge in [0.1, 0.15) is 0 Å². The van der Waals surface area contributed by atoms with Gasteiger partial charge in [0.05, 0.1) is 16.4 Å². The molecular weight excluding hydrogens is 378 g/mol. The zero-order valence-electron chi connectivity index (χ0n) is 11.7. The Hall–Kier alpha value is -0.440. The summed E-state index contributed by atoms with van der Waals surface area (Å²) in [6.07, 6.45) is 1.01. The highest BCUT2D eigenvalue weighted by Gasteiger charge is 2.38. The lowest BCUT2D eigenvalue weighted by Gasteiger charge is -2.27. The van der Waals surface area contributed by atoms with Gasteiger partial charge < -0.3 is 0 Å². The van der Waals surface area contributed by atoms with Crippen LogP contribution in [0.5, 0.6) is 0 Å². The van der Waals surface area contributed by atoms with Crippen molar-refractivity contribution in [3.8, 4) is 0 Å². The van der Waals surface area contributed by atoms with Crippen molar-refractivity contribution in [3.63, 3.8) is 0 Å². The predicted octanol–water partition coefficient (Wildman–Crippen LogP) is 2.04. The minimum absolute atomic E-state index is 0.0589. The van der Waals surface area contributed by atoms with Gasteiger partial charge in [-0.3, -0.25) is 0 Å². The molecule has 1 fully saturated rings. The van der Waals surface area contributed by atoms with Crippen molar-refractivity contribution in [1.29, 1.82) is 0 Å². The number of sulfonamides is 1. The van der Waals surface area contributed by atoms with Gasteiger partial charge in [-0.25, -0.2) is 16.8 Å². The van der Waals surface area contributed by atoms with Crippen molar-refractivity contribution in [3.05, 3.63) is 28.7 Å². The molecule has 0 N–H and O–H groups in total. The smallest absolute Gasteiger partial charge is 0.229 e. The minimum Gasteiger partial charge on any atom is -0.229 e. The van der Waals surface area contributed by atoms with Gasteiger partial charge in [-0.1, -0.05) is 19.1 Å². The second kappa shape index (κ2) is 6.36. The van der Waals surface area contributed by atoms with Crippen LogP contribution in [0, 0.1) is 0 Å². The summed E-state index contributed by atoms with van der Waals surface area (Å²) >= 11 is 3.26. The fraction of sp³-hybridized carbons (Fsp3) is 0.538. The number of rotatable bonds is 5. The molecule has 118 valence electrons. The molecule has 1 aliphatic heterocycles. The Kier molecular flexibility index (Phi) is 5.12. The zero-order chi connectivity index (χ0) is 15.7. The highest BCUT2D eigenvalue weighted by atomic mass is 79.9. The predicted molar refractivity (Wildman–Crippen MR) is 85.4 cm³/mol. The van der Waals surface area contributed by atoms with Crippen LogP contribution >= 0.6 is 15.9 Å². The Morgan fingerprint density at radius 3 is 2.52 bits per heavy atom. The number of hydrogen-bond acceptors (Lipinski definition) is 4. The molecule has 0 saturated carbocycles. The Morgan fingerprint density at radius 2 is 2.00 bits per heavy atom. The third-order valence-electron chi connectivity index (χ3n) is 3.48. The second-order valence-electron chi connectivity index (χ2n) is 5.10. The molecular formula is C13H18BrNO4S2. The van der Waals surface area contributed by atoms with E-state index in [0.717, 1.165) is 0 Å². The Labute approximate surface area is 134 Å². The molecule has 0 spiro atoms. The van der Waals surface area contributed by atoms with Crippen LogP contribution in [0.1, 0.15) is 19.8 Å². The number of nitrogens with zero attached hydrogens (tertiary/aromatic N) is 1. The summed E-state index contributed by atoms with van der Waals surface area (Å²) in [6, 6.07) is 6.14. The standard InChI is InChI=1S/C13H18BrNO4S2/c1-2-8-15(11-7-9-20(16,17)10-11)21(18,19)13-6-4-3-5-12(13)14/h3-6,11H,2,7-10H2,1H3/t11-/m0/s1. The van der Waals surface area contributed by atoms with E-state index < -0.39 is 25.9 Å². The fourth-order valence-corrected chi connectivity index (χ4v) is 7.04. The van der Waals surface area contributed by atoms with Gasteiger partial charge in [0.15, 0.2) is 9.84 Å². The van der Waals surface area contributed by atoms with Crippen LogP contribution in [0.2, 0.25) is 0 Å². The molecule has 1 heterocycles. The maximum atomic E-state index is 12.8. The summed E-state index contributed by atoms with van der Waals surface area (Å²) in [5, 5.41) is 0. The van der Waals surface area contributed by atoms with E-state index in [1.165, 1.54) is 10.4 Å². The van der Waals surface area contributed by atoms with E-state index >= 15 is 0 Å². The summed E-state index contributed by atoms with van der Waals surface area (Å²) in [4.78, 5) is 0.183. The first-order valence-electron chi connectivity index (χ1n) is 6.75. The summed E-state index contributed by atoms with van der Waals surface area (Å²) in [6.45, 7) is 2.20. The molecule has 8 heteroatoms. The van der Waals surface area contributed by atoms with Crippen LogP contribution < -0.4 is 0 Å². The Morgan fingerprint density at radius 1 is 1.33 bits per heavy atom. The van der Waals surface area contributed by atoms with E-state index in [4.69, 9.17) is 0 Å². The van der Waals surface area contributed by atoms with E-state index in [-0.39, 0.29) is 16.4 Å². The topological polar surface area (TPSA) is 71.5 Å². The molecule has 21 heavy (non-hydrogen) atoms. The van der Waals surface area contributed by atoms with Crippen molar-refractivity contribution in [2.75, 3.05) is 18.1 Å². The maximum Gasteiger partial charge on any atom is 0.244 e. The van der Waals surface area contributed by atoms with Crippen molar-refractivity contribution >= 4 is 35.8 Å². The van der Waals surface area contributed by atoms with Gasteiger partial charge in [-0.2, -0.15) is 4.31 Å². The van der Waals surface area contributed by atoms with Crippen LogP contribution in [-0.2, 0) is 19.9 Å². The van der Waals surface area contributed by atoms with Crippen LogP contribution in [0.3, 0.4) is 0 Å². The number of sulfone groups is 1. The average molecular weight is 396 g/mol. The molecule has 1 atom stereocenters. The summed E-state index contributed by atoms with van der Waals surface area (Å²) in [5.74, 6) is -0.0277. The third-order valence-corrected chi connectivity index (χ3v) is 8.20. The minimum atomic E-state index is -3.71. The first-order chi connectivity index (χ1) is 9.78. The molecule has 2 rings (SSSR count). The molecule has 0 bridgehead atoms. The van der Waals surface area contributed by atoms with Crippen molar-refractivity contribution in [1.82, 2.24) is 4.31 Å². The van der Waals surface area contributed by atoms with E-state index in [2.05, 4.69) is 15.9 Å². The normalized spacial score (nSPS) is 21.8. The number of hydrogen-bond donors (Lipinski definition) is 0. The highest BCUT2D eigenvalue weighted by Crippen LogP contribution is 2.29. The van der Waals surface area contributed by atoms with E-state index in [1.54, 1.807) is 18.2 Å².